The standard InChI is InChI=1S/C23H26N2O3/c1-28-19-11-9-17(10-12-19)20-14-25(23(27)18-7-8-18)15-21(20)22(26)24-13-16-5-3-2-4-6-16/h2-6,9-12,18,20-21H,7-8,13-15H2,1H3,(H,24,26)/t20-,21+/m1/s1. The third kappa shape index (κ3) is 4.03. The van der Waals surface area contributed by atoms with Crippen LogP contribution in [-0.2, 0) is 16.1 Å². The SMILES string of the molecule is COc1ccc([C@H]2CN(C(=O)C3CC3)C[C@@H]2C(=O)NCc2ccccc2)cc1. The minimum absolute atomic E-state index is 0.00406. The second kappa shape index (κ2) is 8.05. The first-order chi connectivity index (χ1) is 13.7. The van der Waals surface area contributed by atoms with E-state index in [-0.39, 0.29) is 29.6 Å². The molecule has 1 saturated carbocycles. The zero-order valence-corrected chi connectivity index (χ0v) is 16.1. The molecule has 2 atom stereocenters. The Bertz CT molecular complexity index is 831. The fraction of sp³-hybridized carbons (Fsp3) is 0.391. The fourth-order valence-corrected chi connectivity index (χ4v) is 3.94. The maximum absolute atomic E-state index is 13.0. The van der Waals surface area contributed by atoms with E-state index in [1.165, 1.54) is 0 Å². The largest absolute Gasteiger partial charge is 0.497 e. The molecule has 0 bridgehead atoms. The maximum atomic E-state index is 13.0. The molecule has 1 N–H and O–H groups in total. The fourth-order valence-electron chi connectivity index (χ4n) is 3.94. The highest BCUT2D eigenvalue weighted by Crippen LogP contribution is 2.38. The van der Waals surface area contributed by atoms with Gasteiger partial charge in [0.1, 0.15) is 5.75 Å². The number of likely N-dealkylation sites (tertiary alicyclic amines) is 1. The number of carbonyl (C=O) groups is 2. The molecule has 0 unspecified atom stereocenters. The van der Waals surface area contributed by atoms with Crippen LogP contribution in [0.25, 0.3) is 0 Å². The lowest BCUT2D eigenvalue weighted by atomic mass is 9.88. The number of hydrogen-bond donors (Lipinski definition) is 1. The van der Waals surface area contributed by atoms with Gasteiger partial charge in [-0.15, -0.1) is 0 Å². The Labute approximate surface area is 165 Å². The van der Waals surface area contributed by atoms with E-state index in [2.05, 4.69) is 5.32 Å². The molecule has 5 nitrogen and oxygen atoms in total. The van der Waals surface area contributed by atoms with Crippen molar-refractivity contribution in [2.24, 2.45) is 11.8 Å². The van der Waals surface area contributed by atoms with Gasteiger partial charge < -0.3 is 15.0 Å². The summed E-state index contributed by atoms with van der Waals surface area (Å²) in [6.45, 7) is 1.60. The summed E-state index contributed by atoms with van der Waals surface area (Å²) in [6.07, 6.45) is 1.96. The highest BCUT2D eigenvalue weighted by molar-refractivity contribution is 5.85. The number of ether oxygens (including phenoxy) is 1. The zero-order valence-electron chi connectivity index (χ0n) is 16.1. The van der Waals surface area contributed by atoms with E-state index in [4.69, 9.17) is 4.74 Å². The van der Waals surface area contributed by atoms with Crippen molar-refractivity contribution in [2.75, 3.05) is 20.2 Å². The zero-order chi connectivity index (χ0) is 19.5. The van der Waals surface area contributed by atoms with Crippen LogP contribution < -0.4 is 10.1 Å². The molecule has 1 aliphatic carbocycles. The number of rotatable bonds is 6. The Kier molecular flexibility index (Phi) is 5.33. The highest BCUT2D eigenvalue weighted by Gasteiger charge is 2.43. The molecule has 4 rings (SSSR count). The van der Waals surface area contributed by atoms with Crippen LogP contribution in [0.5, 0.6) is 5.75 Å². The molecule has 2 amide bonds. The molecule has 1 saturated heterocycles. The average Bonchev–Trinajstić information content (AvgIpc) is 3.50. The number of hydrogen-bond acceptors (Lipinski definition) is 3. The minimum Gasteiger partial charge on any atom is -0.497 e. The topological polar surface area (TPSA) is 58.6 Å². The van der Waals surface area contributed by atoms with Crippen LogP contribution in [0.15, 0.2) is 54.6 Å². The lowest BCUT2D eigenvalue weighted by Gasteiger charge is -2.18. The van der Waals surface area contributed by atoms with Crippen molar-refractivity contribution in [1.29, 1.82) is 0 Å². The average molecular weight is 378 g/mol. The Balaban J connectivity index is 1.50. The predicted octanol–water partition coefficient (Wildman–Crippen LogP) is 2.96. The Morgan fingerprint density at radius 3 is 2.39 bits per heavy atom. The van der Waals surface area contributed by atoms with Crippen molar-refractivity contribution in [2.45, 2.75) is 25.3 Å². The molecular weight excluding hydrogens is 352 g/mol. The summed E-state index contributed by atoms with van der Waals surface area (Å²) in [5, 5.41) is 3.07. The van der Waals surface area contributed by atoms with Gasteiger partial charge in [-0.25, -0.2) is 0 Å². The van der Waals surface area contributed by atoms with Gasteiger partial charge in [-0.1, -0.05) is 42.5 Å². The van der Waals surface area contributed by atoms with Gasteiger partial charge in [0.2, 0.25) is 11.8 Å². The third-order valence-corrected chi connectivity index (χ3v) is 5.75. The smallest absolute Gasteiger partial charge is 0.225 e. The molecule has 2 fully saturated rings. The first-order valence-electron chi connectivity index (χ1n) is 9.90. The molecule has 0 aromatic heterocycles. The number of benzene rings is 2. The van der Waals surface area contributed by atoms with Crippen LogP contribution in [-0.4, -0.2) is 36.9 Å². The molecule has 1 heterocycles. The van der Waals surface area contributed by atoms with Gasteiger partial charge in [0.05, 0.1) is 13.0 Å². The Morgan fingerprint density at radius 2 is 1.75 bits per heavy atom. The summed E-state index contributed by atoms with van der Waals surface area (Å²) < 4.78 is 5.25. The van der Waals surface area contributed by atoms with E-state index in [0.29, 0.717) is 19.6 Å². The number of methoxy groups -OCH3 is 1. The maximum Gasteiger partial charge on any atom is 0.225 e. The summed E-state index contributed by atoms with van der Waals surface area (Å²) >= 11 is 0. The van der Waals surface area contributed by atoms with Crippen molar-refractivity contribution in [3.63, 3.8) is 0 Å². The van der Waals surface area contributed by atoms with Crippen molar-refractivity contribution in [3.8, 4) is 5.75 Å². The van der Waals surface area contributed by atoms with E-state index in [9.17, 15) is 9.59 Å². The number of carbonyl (C=O) groups excluding carboxylic acids is 2. The van der Waals surface area contributed by atoms with Gasteiger partial charge in [0.25, 0.3) is 0 Å². The third-order valence-electron chi connectivity index (χ3n) is 5.75. The van der Waals surface area contributed by atoms with E-state index >= 15 is 0 Å². The monoisotopic (exact) mass is 378 g/mol. The second-order valence-electron chi connectivity index (χ2n) is 7.71. The van der Waals surface area contributed by atoms with Gasteiger partial charge in [-0.3, -0.25) is 9.59 Å². The molecule has 2 aliphatic rings. The minimum atomic E-state index is -0.236. The summed E-state index contributed by atoms with van der Waals surface area (Å²) in [7, 11) is 1.64. The molecule has 0 radical (unpaired) electrons. The molecular formula is C23H26N2O3. The van der Waals surface area contributed by atoms with Gasteiger partial charge in [-0.2, -0.15) is 0 Å². The van der Waals surface area contributed by atoms with Crippen LogP contribution in [0, 0.1) is 11.8 Å². The van der Waals surface area contributed by atoms with E-state index in [0.717, 1.165) is 29.7 Å². The van der Waals surface area contributed by atoms with Crippen LogP contribution in [0.2, 0.25) is 0 Å². The summed E-state index contributed by atoms with van der Waals surface area (Å²) in [6, 6.07) is 17.7. The summed E-state index contributed by atoms with van der Waals surface area (Å²) in [4.78, 5) is 27.5. The molecule has 28 heavy (non-hydrogen) atoms. The molecule has 2 aromatic carbocycles. The van der Waals surface area contributed by atoms with E-state index in [1.54, 1.807) is 7.11 Å². The van der Waals surface area contributed by atoms with Crippen molar-refractivity contribution < 1.29 is 14.3 Å². The highest BCUT2D eigenvalue weighted by atomic mass is 16.5. The predicted molar refractivity (Wildman–Crippen MR) is 107 cm³/mol. The Hall–Kier alpha value is -2.82. The number of amides is 2. The van der Waals surface area contributed by atoms with Gasteiger partial charge >= 0.3 is 0 Å². The molecule has 146 valence electrons. The van der Waals surface area contributed by atoms with Crippen LogP contribution in [0.3, 0.4) is 0 Å². The van der Waals surface area contributed by atoms with Gasteiger partial charge in [-0.05, 0) is 36.1 Å². The lowest BCUT2D eigenvalue weighted by molar-refractivity contribution is -0.132. The van der Waals surface area contributed by atoms with Crippen LogP contribution in [0.4, 0.5) is 0 Å². The first-order valence-corrected chi connectivity index (χ1v) is 9.90. The molecule has 0 spiro atoms. The first kappa shape index (κ1) is 18.5. The summed E-state index contributed by atoms with van der Waals surface area (Å²) in [5.74, 6) is 0.942. The molecule has 5 heteroatoms. The van der Waals surface area contributed by atoms with E-state index in [1.807, 2.05) is 59.5 Å². The second-order valence-corrected chi connectivity index (χ2v) is 7.71. The van der Waals surface area contributed by atoms with Crippen molar-refractivity contribution >= 4 is 11.8 Å². The van der Waals surface area contributed by atoms with Crippen LogP contribution >= 0.6 is 0 Å². The quantitative estimate of drug-likeness (QED) is 0.841. The van der Waals surface area contributed by atoms with Crippen molar-refractivity contribution in [3.05, 3.63) is 65.7 Å². The van der Waals surface area contributed by atoms with Gasteiger partial charge in [0.15, 0.2) is 0 Å². The molecule has 2 aromatic rings. The van der Waals surface area contributed by atoms with Gasteiger partial charge in [0, 0.05) is 31.5 Å². The Morgan fingerprint density at radius 1 is 1.04 bits per heavy atom. The van der Waals surface area contributed by atoms with Crippen molar-refractivity contribution in [1.82, 2.24) is 10.2 Å². The summed E-state index contributed by atoms with van der Waals surface area (Å²) in [5.41, 5.74) is 2.15. The molecule has 1 aliphatic heterocycles. The lowest BCUT2D eigenvalue weighted by Crippen LogP contribution is -2.35. The van der Waals surface area contributed by atoms with Crippen LogP contribution in [0.1, 0.15) is 29.9 Å². The number of nitrogens with zero attached hydrogens (tertiary/aromatic N) is 1. The normalized spacial score (nSPS) is 21.4. The van der Waals surface area contributed by atoms with E-state index < -0.39 is 0 Å². The number of nitrogens with one attached hydrogen (secondary N) is 1.